The predicted octanol–water partition coefficient (Wildman–Crippen LogP) is 4.45. The lowest BCUT2D eigenvalue weighted by Crippen LogP contribution is -2.51. The first-order valence-corrected chi connectivity index (χ1v) is 14.4. The number of anilines is 1. The molecule has 1 N–H and O–H groups in total. The SMILES string of the molecule is CCCNC(=O)[C@H](C)N(Cc1cccc(OC)c1)C(=O)CN(c1ccccc1C)S(=O)(=O)c1ccc(C)cc1. The van der Waals surface area contributed by atoms with E-state index in [0.717, 1.165) is 21.9 Å². The average molecular weight is 552 g/mol. The Balaban J connectivity index is 2.03. The average Bonchev–Trinajstić information content (AvgIpc) is 2.93. The van der Waals surface area contributed by atoms with Crippen LogP contribution in [0.4, 0.5) is 5.69 Å². The lowest BCUT2D eigenvalue weighted by Gasteiger charge is -2.32. The van der Waals surface area contributed by atoms with Crippen molar-refractivity contribution >= 4 is 27.5 Å². The summed E-state index contributed by atoms with van der Waals surface area (Å²) in [5.41, 5.74) is 2.77. The number of hydrogen-bond donors (Lipinski definition) is 1. The van der Waals surface area contributed by atoms with Gasteiger partial charge in [-0.3, -0.25) is 13.9 Å². The molecule has 3 aromatic carbocycles. The van der Waals surface area contributed by atoms with E-state index in [-0.39, 0.29) is 17.3 Å². The highest BCUT2D eigenvalue weighted by atomic mass is 32.2. The molecule has 1 atom stereocenters. The Morgan fingerprint density at radius 1 is 0.974 bits per heavy atom. The standard InChI is InChI=1S/C30H37N3O5S/c1-6-18-31-30(35)24(4)32(20-25-11-9-12-26(19-25)38-5)29(34)21-33(28-13-8-7-10-23(28)3)39(36,37)27-16-14-22(2)15-17-27/h7-17,19,24H,6,18,20-21H2,1-5H3,(H,31,35)/t24-/m0/s1. The summed E-state index contributed by atoms with van der Waals surface area (Å²) in [6.45, 7) is 7.36. The van der Waals surface area contributed by atoms with Crippen molar-refractivity contribution in [2.24, 2.45) is 0 Å². The zero-order chi connectivity index (χ0) is 28.6. The number of carbonyl (C=O) groups excluding carboxylic acids is 2. The Bertz CT molecular complexity index is 1390. The third kappa shape index (κ3) is 7.38. The fourth-order valence-corrected chi connectivity index (χ4v) is 5.62. The van der Waals surface area contributed by atoms with Crippen molar-refractivity contribution in [3.8, 4) is 5.75 Å². The second-order valence-electron chi connectivity index (χ2n) is 9.45. The first-order chi connectivity index (χ1) is 18.6. The van der Waals surface area contributed by atoms with Crippen LogP contribution in [-0.4, -0.2) is 51.4 Å². The van der Waals surface area contributed by atoms with Crippen LogP contribution in [0, 0.1) is 13.8 Å². The van der Waals surface area contributed by atoms with Crippen molar-refractivity contribution in [1.82, 2.24) is 10.2 Å². The van der Waals surface area contributed by atoms with Gasteiger partial charge < -0.3 is 15.0 Å². The van der Waals surface area contributed by atoms with E-state index in [9.17, 15) is 18.0 Å². The van der Waals surface area contributed by atoms with E-state index in [1.807, 2.05) is 26.0 Å². The lowest BCUT2D eigenvalue weighted by atomic mass is 10.1. The van der Waals surface area contributed by atoms with Crippen LogP contribution in [0.3, 0.4) is 0 Å². The molecule has 3 rings (SSSR count). The molecule has 0 unspecified atom stereocenters. The van der Waals surface area contributed by atoms with Gasteiger partial charge in [0.2, 0.25) is 11.8 Å². The number of benzene rings is 3. The summed E-state index contributed by atoms with van der Waals surface area (Å²) in [7, 11) is -2.55. The number of sulfonamides is 1. The number of para-hydroxylation sites is 1. The van der Waals surface area contributed by atoms with Crippen molar-refractivity contribution in [2.45, 2.75) is 51.6 Å². The first-order valence-electron chi connectivity index (χ1n) is 12.9. The van der Waals surface area contributed by atoms with Gasteiger partial charge in [0, 0.05) is 13.1 Å². The summed E-state index contributed by atoms with van der Waals surface area (Å²) in [4.78, 5) is 28.4. The molecule has 0 spiro atoms. The van der Waals surface area contributed by atoms with Crippen LogP contribution in [0.1, 0.15) is 37.0 Å². The maximum absolute atomic E-state index is 14.0. The van der Waals surface area contributed by atoms with E-state index in [1.54, 1.807) is 69.5 Å². The van der Waals surface area contributed by atoms with Gasteiger partial charge in [0.1, 0.15) is 18.3 Å². The smallest absolute Gasteiger partial charge is 0.264 e. The number of aryl methyl sites for hydroxylation is 2. The fourth-order valence-electron chi connectivity index (χ4n) is 4.14. The normalized spacial score (nSPS) is 11.9. The summed E-state index contributed by atoms with van der Waals surface area (Å²) in [5.74, 6) is -0.195. The quantitative estimate of drug-likeness (QED) is 0.359. The van der Waals surface area contributed by atoms with Gasteiger partial charge in [-0.15, -0.1) is 0 Å². The Labute approximate surface area is 231 Å². The number of nitrogens with zero attached hydrogens (tertiary/aromatic N) is 2. The lowest BCUT2D eigenvalue weighted by molar-refractivity contribution is -0.139. The molecule has 208 valence electrons. The van der Waals surface area contributed by atoms with Crippen LogP contribution in [0.5, 0.6) is 5.75 Å². The van der Waals surface area contributed by atoms with Gasteiger partial charge >= 0.3 is 0 Å². The Kier molecular flexibility index (Phi) is 10.1. The second kappa shape index (κ2) is 13.3. The van der Waals surface area contributed by atoms with Crippen LogP contribution < -0.4 is 14.4 Å². The van der Waals surface area contributed by atoms with Gasteiger partial charge in [0.25, 0.3) is 10.0 Å². The number of methoxy groups -OCH3 is 1. The van der Waals surface area contributed by atoms with Crippen molar-refractivity contribution in [3.05, 3.63) is 89.5 Å². The van der Waals surface area contributed by atoms with Gasteiger partial charge in [-0.1, -0.05) is 55.0 Å². The number of amides is 2. The van der Waals surface area contributed by atoms with E-state index in [1.165, 1.54) is 17.0 Å². The van der Waals surface area contributed by atoms with Crippen LogP contribution in [0.2, 0.25) is 0 Å². The highest BCUT2D eigenvalue weighted by Gasteiger charge is 2.33. The zero-order valence-electron chi connectivity index (χ0n) is 23.2. The third-order valence-electron chi connectivity index (χ3n) is 6.48. The second-order valence-corrected chi connectivity index (χ2v) is 11.3. The minimum Gasteiger partial charge on any atom is -0.497 e. The van der Waals surface area contributed by atoms with E-state index in [4.69, 9.17) is 4.74 Å². The predicted molar refractivity (Wildman–Crippen MR) is 153 cm³/mol. The van der Waals surface area contributed by atoms with E-state index in [2.05, 4.69) is 5.32 Å². The maximum atomic E-state index is 14.0. The molecule has 39 heavy (non-hydrogen) atoms. The Hall–Kier alpha value is -3.85. The van der Waals surface area contributed by atoms with Crippen molar-refractivity contribution in [1.29, 1.82) is 0 Å². The fraction of sp³-hybridized carbons (Fsp3) is 0.333. The molecule has 0 aliphatic rings. The molecule has 0 heterocycles. The summed E-state index contributed by atoms with van der Waals surface area (Å²) in [6.07, 6.45) is 0.748. The number of ether oxygens (including phenoxy) is 1. The topological polar surface area (TPSA) is 96.0 Å². The van der Waals surface area contributed by atoms with Gasteiger partial charge in [-0.05, 0) is 68.7 Å². The van der Waals surface area contributed by atoms with Gasteiger partial charge in [0.15, 0.2) is 0 Å². The molecular weight excluding hydrogens is 514 g/mol. The molecule has 8 nitrogen and oxygen atoms in total. The molecule has 0 radical (unpaired) electrons. The number of hydrogen-bond acceptors (Lipinski definition) is 5. The molecule has 3 aromatic rings. The molecule has 2 amide bonds. The molecule has 0 saturated heterocycles. The monoisotopic (exact) mass is 551 g/mol. The molecule has 0 aromatic heterocycles. The van der Waals surface area contributed by atoms with Crippen LogP contribution >= 0.6 is 0 Å². The van der Waals surface area contributed by atoms with Crippen molar-refractivity contribution in [3.63, 3.8) is 0 Å². The highest BCUT2D eigenvalue weighted by Crippen LogP contribution is 2.27. The molecule has 0 saturated carbocycles. The molecule has 0 aliphatic heterocycles. The molecule has 9 heteroatoms. The molecular formula is C30H37N3O5S. The zero-order valence-corrected chi connectivity index (χ0v) is 24.0. The third-order valence-corrected chi connectivity index (χ3v) is 8.25. The maximum Gasteiger partial charge on any atom is 0.264 e. The minimum atomic E-state index is -4.10. The van der Waals surface area contributed by atoms with Crippen LogP contribution in [0.25, 0.3) is 0 Å². The summed E-state index contributed by atoms with van der Waals surface area (Å²) >= 11 is 0. The largest absolute Gasteiger partial charge is 0.497 e. The first kappa shape index (κ1) is 29.7. The van der Waals surface area contributed by atoms with E-state index >= 15 is 0 Å². The number of nitrogens with one attached hydrogen (secondary N) is 1. The Morgan fingerprint density at radius 3 is 2.31 bits per heavy atom. The summed E-state index contributed by atoms with van der Waals surface area (Å²) < 4.78 is 34.3. The Morgan fingerprint density at radius 2 is 1.67 bits per heavy atom. The van der Waals surface area contributed by atoms with Crippen LogP contribution in [-0.2, 0) is 26.2 Å². The minimum absolute atomic E-state index is 0.0808. The van der Waals surface area contributed by atoms with E-state index < -0.39 is 28.5 Å². The van der Waals surface area contributed by atoms with Gasteiger partial charge in [-0.25, -0.2) is 8.42 Å². The van der Waals surface area contributed by atoms with E-state index in [0.29, 0.717) is 23.5 Å². The molecule has 0 bridgehead atoms. The number of rotatable bonds is 12. The van der Waals surface area contributed by atoms with Gasteiger partial charge in [-0.2, -0.15) is 0 Å². The van der Waals surface area contributed by atoms with Crippen LogP contribution in [0.15, 0.2) is 77.7 Å². The number of carbonyl (C=O) groups is 2. The summed E-state index contributed by atoms with van der Waals surface area (Å²) in [5, 5.41) is 2.84. The highest BCUT2D eigenvalue weighted by molar-refractivity contribution is 7.92. The van der Waals surface area contributed by atoms with Gasteiger partial charge in [0.05, 0.1) is 17.7 Å². The van der Waals surface area contributed by atoms with Crippen molar-refractivity contribution in [2.75, 3.05) is 24.5 Å². The summed E-state index contributed by atoms with van der Waals surface area (Å²) in [6, 6.07) is 19.9. The van der Waals surface area contributed by atoms with Crippen molar-refractivity contribution < 1.29 is 22.7 Å². The molecule has 0 fully saturated rings. The molecule has 0 aliphatic carbocycles.